The highest BCUT2D eigenvalue weighted by molar-refractivity contribution is 7.98. The van der Waals surface area contributed by atoms with Gasteiger partial charge in [-0.1, -0.05) is 30.3 Å². The third kappa shape index (κ3) is 3.94. The molecule has 0 atom stereocenters. The molecule has 6 rings (SSSR count). The second-order valence-electron chi connectivity index (χ2n) is 9.00. The Morgan fingerprint density at radius 1 is 1.15 bits per heavy atom. The summed E-state index contributed by atoms with van der Waals surface area (Å²) in [6, 6.07) is 16.9. The number of benzene rings is 2. The minimum Gasteiger partial charge on any atom is -0.379 e. The van der Waals surface area contributed by atoms with E-state index in [1.54, 1.807) is 18.9 Å². The van der Waals surface area contributed by atoms with Crippen molar-refractivity contribution in [1.29, 1.82) is 0 Å². The number of nitrogens with zero attached hydrogens (tertiary/aromatic N) is 4. The van der Waals surface area contributed by atoms with Crippen molar-refractivity contribution in [3.8, 4) is 16.9 Å². The van der Waals surface area contributed by atoms with E-state index in [-0.39, 0.29) is 5.91 Å². The van der Waals surface area contributed by atoms with Gasteiger partial charge < -0.3 is 14.4 Å². The lowest BCUT2D eigenvalue weighted by Gasteiger charge is -2.38. The number of carbonyl (C=O) groups is 1. The number of fused-ring (bicyclic) bond motifs is 3. The lowest BCUT2D eigenvalue weighted by Crippen LogP contribution is -2.50. The van der Waals surface area contributed by atoms with Crippen LogP contribution in [0.2, 0.25) is 0 Å². The molecule has 4 heterocycles. The minimum absolute atomic E-state index is 0.000576. The molecular formula is C26H28N4O3S. The molecule has 2 aromatic carbocycles. The SMILES string of the molecule is COC1CN(Cc2cccc(-n3nc(C(=O)N4CCOCC4)c4c3-c3ccccc3SC4)c2)C1. The molecule has 0 saturated carbocycles. The Morgan fingerprint density at radius 3 is 2.79 bits per heavy atom. The van der Waals surface area contributed by atoms with Gasteiger partial charge in [-0.3, -0.25) is 9.69 Å². The van der Waals surface area contributed by atoms with Gasteiger partial charge in [0.1, 0.15) is 0 Å². The van der Waals surface area contributed by atoms with Gasteiger partial charge in [0.05, 0.1) is 30.7 Å². The third-order valence-electron chi connectivity index (χ3n) is 6.82. The maximum Gasteiger partial charge on any atom is 0.274 e. The van der Waals surface area contributed by atoms with E-state index < -0.39 is 0 Å². The Morgan fingerprint density at radius 2 is 1.97 bits per heavy atom. The van der Waals surface area contributed by atoms with Crippen molar-refractivity contribution in [3.05, 3.63) is 65.4 Å². The zero-order valence-corrected chi connectivity index (χ0v) is 20.1. The number of amides is 1. The number of methoxy groups -OCH3 is 1. The number of ether oxygens (including phenoxy) is 2. The van der Waals surface area contributed by atoms with Gasteiger partial charge in [-0.05, 0) is 23.8 Å². The van der Waals surface area contributed by atoms with Crippen LogP contribution in [0, 0.1) is 0 Å². The van der Waals surface area contributed by atoms with Crippen molar-refractivity contribution in [3.63, 3.8) is 0 Å². The van der Waals surface area contributed by atoms with Crippen molar-refractivity contribution in [2.75, 3.05) is 46.5 Å². The van der Waals surface area contributed by atoms with Crippen LogP contribution < -0.4 is 0 Å². The van der Waals surface area contributed by atoms with Crippen molar-refractivity contribution in [1.82, 2.24) is 19.6 Å². The number of hydrogen-bond acceptors (Lipinski definition) is 6. The highest BCUT2D eigenvalue weighted by Gasteiger charge is 2.32. The average Bonchev–Trinajstić information content (AvgIpc) is 3.26. The molecular weight excluding hydrogens is 448 g/mol. The second-order valence-corrected chi connectivity index (χ2v) is 10.0. The predicted molar refractivity (Wildman–Crippen MR) is 131 cm³/mol. The van der Waals surface area contributed by atoms with E-state index in [4.69, 9.17) is 14.6 Å². The number of thioether (sulfide) groups is 1. The van der Waals surface area contributed by atoms with Crippen LogP contribution in [0.25, 0.3) is 16.9 Å². The van der Waals surface area contributed by atoms with Crippen molar-refractivity contribution in [2.24, 2.45) is 0 Å². The van der Waals surface area contributed by atoms with E-state index in [2.05, 4.69) is 53.4 Å². The van der Waals surface area contributed by atoms with Crippen LogP contribution in [-0.4, -0.2) is 78.1 Å². The van der Waals surface area contributed by atoms with Gasteiger partial charge in [0.25, 0.3) is 5.91 Å². The van der Waals surface area contributed by atoms with Crippen LogP contribution in [0.15, 0.2) is 53.4 Å². The average molecular weight is 477 g/mol. The molecule has 2 saturated heterocycles. The van der Waals surface area contributed by atoms with Crippen LogP contribution >= 0.6 is 11.8 Å². The number of hydrogen-bond donors (Lipinski definition) is 0. The standard InChI is InChI=1S/C26H28N4O3S/c1-32-20-15-28(16-20)14-18-5-4-6-19(13-18)30-25-21-7-2-3-8-23(21)34-17-22(25)24(27-30)26(31)29-9-11-33-12-10-29/h2-8,13,20H,9-12,14-17H2,1H3. The monoisotopic (exact) mass is 476 g/mol. The molecule has 0 radical (unpaired) electrons. The minimum atomic E-state index is 0.000576. The highest BCUT2D eigenvalue weighted by atomic mass is 32.2. The molecule has 0 aliphatic carbocycles. The highest BCUT2D eigenvalue weighted by Crippen LogP contribution is 2.43. The molecule has 176 valence electrons. The zero-order valence-electron chi connectivity index (χ0n) is 19.3. The summed E-state index contributed by atoms with van der Waals surface area (Å²) < 4.78 is 12.9. The van der Waals surface area contributed by atoms with E-state index in [9.17, 15) is 4.79 Å². The first-order chi connectivity index (χ1) is 16.7. The number of likely N-dealkylation sites (tertiary alicyclic amines) is 1. The molecule has 0 unspecified atom stereocenters. The maximum atomic E-state index is 13.5. The number of rotatable bonds is 5. The van der Waals surface area contributed by atoms with E-state index in [1.807, 2.05) is 9.58 Å². The molecule has 1 amide bonds. The van der Waals surface area contributed by atoms with Gasteiger partial charge in [-0.25, -0.2) is 4.68 Å². The molecule has 3 aliphatic heterocycles. The van der Waals surface area contributed by atoms with Crippen LogP contribution in [0.1, 0.15) is 21.6 Å². The second kappa shape index (κ2) is 9.19. The van der Waals surface area contributed by atoms with E-state index >= 15 is 0 Å². The number of aromatic nitrogens is 2. The quantitative estimate of drug-likeness (QED) is 0.562. The third-order valence-corrected chi connectivity index (χ3v) is 7.92. The first kappa shape index (κ1) is 21.9. The topological polar surface area (TPSA) is 59.8 Å². The van der Waals surface area contributed by atoms with Crippen molar-refractivity contribution < 1.29 is 14.3 Å². The van der Waals surface area contributed by atoms with Crippen LogP contribution in [0.3, 0.4) is 0 Å². The van der Waals surface area contributed by atoms with Gasteiger partial charge in [0, 0.05) is 61.6 Å². The normalized spacial score (nSPS) is 18.3. The maximum absolute atomic E-state index is 13.5. The number of morpholine rings is 1. The Labute approximate surface area is 203 Å². The van der Waals surface area contributed by atoms with Gasteiger partial charge >= 0.3 is 0 Å². The van der Waals surface area contributed by atoms with Crippen LogP contribution in [-0.2, 0) is 21.8 Å². The molecule has 0 N–H and O–H groups in total. The Balaban J connectivity index is 1.40. The lowest BCUT2D eigenvalue weighted by atomic mass is 10.0. The summed E-state index contributed by atoms with van der Waals surface area (Å²) in [6.45, 7) is 5.17. The lowest BCUT2D eigenvalue weighted by molar-refractivity contribution is -0.0333. The Kier molecular flexibility index (Phi) is 5.90. The summed E-state index contributed by atoms with van der Waals surface area (Å²) >= 11 is 1.78. The Bertz CT molecular complexity index is 1210. The summed E-state index contributed by atoms with van der Waals surface area (Å²) in [7, 11) is 1.77. The van der Waals surface area contributed by atoms with Gasteiger partial charge in [-0.2, -0.15) is 5.10 Å². The van der Waals surface area contributed by atoms with Gasteiger partial charge in [-0.15, -0.1) is 11.8 Å². The fourth-order valence-corrected chi connectivity index (χ4v) is 5.99. The van der Waals surface area contributed by atoms with Crippen molar-refractivity contribution >= 4 is 17.7 Å². The van der Waals surface area contributed by atoms with Gasteiger partial charge in [0.2, 0.25) is 0 Å². The van der Waals surface area contributed by atoms with Crippen molar-refractivity contribution in [2.45, 2.75) is 23.3 Å². The molecule has 1 aromatic heterocycles. The fraction of sp³-hybridized carbons (Fsp3) is 0.385. The smallest absolute Gasteiger partial charge is 0.274 e. The fourth-order valence-electron chi connectivity index (χ4n) is 4.92. The molecule has 0 spiro atoms. The summed E-state index contributed by atoms with van der Waals surface area (Å²) in [5.74, 6) is 0.740. The molecule has 0 bridgehead atoms. The van der Waals surface area contributed by atoms with Crippen LogP contribution in [0.5, 0.6) is 0 Å². The summed E-state index contributed by atoms with van der Waals surface area (Å²) in [5, 5.41) is 4.95. The molecule has 3 aromatic rings. The molecule has 34 heavy (non-hydrogen) atoms. The molecule has 3 aliphatic rings. The predicted octanol–water partition coefficient (Wildman–Crippen LogP) is 3.45. The molecule has 7 nitrogen and oxygen atoms in total. The van der Waals surface area contributed by atoms with E-state index in [0.29, 0.717) is 38.1 Å². The summed E-state index contributed by atoms with van der Waals surface area (Å²) in [5.41, 5.74) is 5.98. The number of carbonyl (C=O) groups excluding carboxylic acids is 1. The summed E-state index contributed by atoms with van der Waals surface area (Å²) in [6.07, 6.45) is 0.337. The van der Waals surface area contributed by atoms with E-state index in [0.717, 1.165) is 47.9 Å². The van der Waals surface area contributed by atoms with E-state index in [1.165, 1.54) is 10.5 Å². The van der Waals surface area contributed by atoms with Gasteiger partial charge in [0.15, 0.2) is 5.69 Å². The summed E-state index contributed by atoms with van der Waals surface area (Å²) in [4.78, 5) is 19.0. The largest absolute Gasteiger partial charge is 0.379 e. The first-order valence-corrected chi connectivity index (χ1v) is 12.8. The van der Waals surface area contributed by atoms with Crippen LogP contribution in [0.4, 0.5) is 0 Å². The first-order valence-electron chi connectivity index (χ1n) is 11.8. The molecule has 2 fully saturated rings. The Hall–Kier alpha value is -2.65. The molecule has 8 heteroatoms. The zero-order chi connectivity index (χ0) is 23.1.